The van der Waals surface area contributed by atoms with Gasteiger partial charge >= 0.3 is 0 Å². The van der Waals surface area contributed by atoms with Crippen LogP contribution in [-0.2, 0) is 11.2 Å². The molecule has 1 N–H and O–H groups in total. The molecule has 2 aromatic rings. The number of benzene rings is 1. The van der Waals surface area contributed by atoms with Crippen molar-refractivity contribution in [1.29, 1.82) is 0 Å². The molecule has 1 atom stereocenters. The van der Waals surface area contributed by atoms with Gasteiger partial charge in [-0.2, -0.15) is 0 Å². The second kappa shape index (κ2) is 6.57. The van der Waals surface area contributed by atoms with E-state index in [4.69, 9.17) is 4.42 Å². The van der Waals surface area contributed by atoms with Crippen LogP contribution in [0, 0.1) is 0 Å². The Kier molecular flexibility index (Phi) is 4.80. The van der Waals surface area contributed by atoms with Gasteiger partial charge in [0.1, 0.15) is 5.76 Å². The molecule has 1 heterocycles. The maximum atomic E-state index is 11.9. The molecule has 100 valence electrons. The summed E-state index contributed by atoms with van der Waals surface area (Å²) in [6.07, 6.45) is 2.68. The van der Waals surface area contributed by atoms with E-state index in [1.54, 1.807) is 6.26 Å². The predicted octanol–water partition coefficient (Wildman–Crippen LogP) is 3.85. The van der Waals surface area contributed by atoms with Crippen LogP contribution in [0.5, 0.6) is 0 Å². The number of halogens is 1. The monoisotopic (exact) mass is 321 g/mol. The normalized spacial score (nSPS) is 12.1. The average Bonchev–Trinajstić information content (AvgIpc) is 2.90. The van der Waals surface area contributed by atoms with Crippen molar-refractivity contribution in [3.8, 4) is 0 Å². The van der Waals surface area contributed by atoms with Gasteiger partial charge in [-0.05, 0) is 30.7 Å². The molecule has 0 bridgehead atoms. The molecule has 19 heavy (non-hydrogen) atoms. The average molecular weight is 322 g/mol. The zero-order chi connectivity index (χ0) is 13.7. The highest BCUT2D eigenvalue weighted by Crippen LogP contribution is 2.22. The summed E-state index contributed by atoms with van der Waals surface area (Å²) in [6, 6.07) is 11.6. The third-order valence-corrected chi connectivity index (χ3v) is 3.65. The minimum absolute atomic E-state index is 0.0142. The lowest BCUT2D eigenvalue weighted by Gasteiger charge is -2.15. The summed E-state index contributed by atoms with van der Waals surface area (Å²) in [4.78, 5) is 11.9. The predicted molar refractivity (Wildman–Crippen MR) is 77.7 cm³/mol. The molecule has 0 spiro atoms. The first-order valence-corrected chi connectivity index (χ1v) is 7.02. The van der Waals surface area contributed by atoms with E-state index in [1.165, 1.54) is 0 Å². The topological polar surface area (TPSA) is 42.2 Å². The number of carbonyl (C=O) groups is 1. The molecule has 1 aromatic heterocycles. The Morgan fingerprint density at radius 3 is 2.79 bits per heavy atom. The van der Waals surface area contributed by atoms with E-state index in [2.05, 4.69) is 21.2 Å². The molecule has 0 aliphatic rings. The minimum atomic E-state index is -0.0142. The third kappa shape index (κ3) is 3.96. The van der Waals surface area contributed by atoms with Crippen LogP contribution in [-0.4, -0.2) is 5.91 Å². The van der Waals surface area contributed by atoms with Crippen molar-refractivity contribution in [1.82, 2.24) is 5.32 Å². The summed E-state index contributed by atoms with van der Waals surface area (Å²) in [6.45, 7) is 1.98. The Hall–Kier alpha value is -1.55. The van der Waals surface area contributed by atoms with Gasteiger partial charge in [0.15, 0.2) is 0 Å². The van der Waals surface area contributed by atoms with Gasteiger partial charge in [-0.25, -0.2) is 0 Å². The zero-order valence-corrected chi connectivity index (χ0v) is 12.3. The summed E-state index contributed by atoms with van der Waals surface area (Å²) >= 11 is 3.49. The van der Waals surface area contributed by atoms with Crippen LogP contribution in [0.25, 0.3) is 0 Å². The smallest absolute Gasteiger partial charge is 0.220 e. The Balaban J connectivity index is 1.87. The summed E-state index contributed by atoms with van der Waals surface area (Å²) < 4.78 is 6.21. The first-order chi connectivity index (χ1) is 9.16. The Bertz CT molecular complexity index is 537. The molecule has 4 heteroatoms. The fraction of sp³-hybridized carbons (Fsp3) is 0.267. The van der Waals surface area contributed by atoms with E-state index in [9.17, 15) is 4.79 Å². The van der Waals surface area contributed by atoms with Crippen LogP contribution in [0.15, 0.2) is 51.6 Å². The van der Waals surface area contributed by atoms with E-state index in [1.807, 2.05) is 43.3 Å². The summed E-state index contributed by atoms with van der Waals surface area (Å²) in [7, 11) is 0. The molecule has 0 saturated carbocycles. The fourth-order valence-electron chi connectivity index (χ4n) is 1.91. The molecule has 3 nitrogen and oxygen atoms in total. The molecule has 0 aliphatic heterocycles. The van der Waals surface area contributed by atoms with Gasteiger partial charge in [0.05, 0.1) is 12.3 Å². The van der Waals surface area contributed by atoms with Crippen molar-refractivity contribution in [2.45, 2.75) is 25.8 Å². The second-order valence-electron chi connectivity index (χ2n) is 4.39. The quantitative estimate of drug-likeness (QED) is 0.908. The van der Waals surface area contributed by atoms with E-state index < -0.39 is 0 Å². The molecule has 1 unspecified atom stereocenters. The second-order valence-corrected chi connectivity index (χ2v) is 5.24. The Morgan fingerprint density at radius 1 is 1.32 bits per heavy atom. The lowest BCUT2D eigenvalue weighted by Crippen LogP contribution is -2.27. The fourth-order valence-corrected chi connectivity index (χ4v) is 2.54. The van der Waals surface area contributed by atoms with Crippen LogP contribution >= 0.6 is 15.9 Å². The van der Waals surface area contributed by atoms with E-state index in [0.29, 0.717) is 12.8 Å². The van der Waals surface area contributed by atoms with E-state index in [-0.39, 0.29) is 11.9 Å². The highest BCUT2D eigenvalue weighted by atomic mass is 79.9. The number of amides is 1. The molecular weight excluding hydrogens is 306 g/mol. The maximum Gasteiger partial charge on any atom is 0.220 e. The zero-order valence-electron chi connectivity index (χ0n) is 10.7. The first-order valence-electron chi connectivity index (χ1n) is 6.23. The minimum Gasteiger partial charge on any atom is -0.469 e. The van der Waals surface area contributed by atoms with Crippen molar-refractivity contribution < 1.29 is 9.21 Å². The first kappa shape index (κ1) is 13.9. The van der Waals surface area contributed by atoms with Gasteiger partial charge in [0.2, 0.25) is 5.91 Å². The molecule has 0 fully saturated rings. The van der Waals surface area contributed by atoms with Crippen molar-refractivity contribution >= 4 is 21.8 Å². The third-order valence-electron chi connectivity index (χ3n) is 2.93. The number of aryl methyl sites for hydroxylation is 1. The largest absolute Gasteiger partial charge is 0.469 e. The lowest BCUT2D eigenvalue weighted by molar-refractivity contribution is -0.121. The number of hydrogen-bond donors (Lipinski definition) is 1. The van der Waals surface area contributed by atoms with Crippen molar-refractivity contribution in [3.05, 3.63) is 58.5 Å². The van der Waals surface area contributed by atoms with Crippen molar-refractivity contribution in [2.75, 3.05) is 0 Å². The Labute approximate surface area is 121 Å². The van der Waals surface area contributed by atoms with Gasteiger partial charge in [-0.3, -0.25) is 4.79 Å². The van der Waals surface area contributed by atoms with Gasteiger partial charge < -0.3 is 9.73 Å². The van der Waals surface area contributed by atoms with Crippen LogP contribution in [0.4, 0.5) is 0 Å². The van der Waals surface area contributed by atoms with Gasteiger partial charge in [0, 0.05) is 17.3 Å². The number of carbonyl (C=O) groups excluding carboxylic acids is 1. The highest BCUT2D eigenvalue weighted by Gasteiger charge is 2.12. The number of hydrogen-bond acceptors (Lipinski definition) is 2. The SMILES string of the molecule is CC(NC(=O)CCc1ccco1)c1ccccc1Br. The van der Waals surface area contributed by atoms with E-state index >= 15 is 0 Å². The number of nitrogens with one attached hydrogen (secondary N) is 1. The number of furan rings is 1. The van der Waals surface area contributed by atoms with Crippen molar-refractivity contribution in [2.24, 2.45) is 0 Å². The van der Waals surface area contributed by atoms with Crippen LogP contribution in [0.1, 0.15) is 30.7 Å². The van der Waals surface area contributed by atoms with Crippen LogP contribution < -0.4 is 5.32 Å². The summed E-state index contributed by atoms with van der Waals surface area (Å²) in [5.74, 6) is 0.864. The van der Waals surface area contributed by atoms with Crippen LogP contribution in [0.2, 0.25) is 0 Å². The Morgan fingerprint density at radius 2 is 2.11 bits per heavy atom. The van der Waals surface area contributed by atoms with Crippen molar-refractivity contribution in [3.63, 3.8) is 0 Å². The van der Waals surface area contributed by atoms with E-state index in [0.717, 1.165) is 15.8 Å². The molecule has 1 aromatic carbocycles. The highest BCUT2D eigenvalue weighted by molar-refractivity contribution is 9.10. The molecule has 1 amide bonds. The van der Waals surface area contributed by atoms with Gasteiger partial charge in [-0.15, -0.1) is 0 Å². The molecule has 2 rings (SSSR count). The lowest BCUT2D eigenvalue weighted by atomic mass is 10.1. The number of rotatable bonds is 5. The standard InChI is InChI=1S/C15H16BrNO2/c1-11(13-6-2-3-7-14(13)16)17-15(18)9-8-12-5-4-10-19-12/h2-7,10-11H,8-9H2,1H3,(H,17,18). The maximum absolute atomic E-state index is 11.9. The summed E-state index contributed by atoms with van der Waals surface area (Å²) in [5.41, 5.74) is 1.08. The van der Waals surface area contributed by atoms with Gasteiger partial charge in [0.25, 0.3) is 0 Å². The summed E-state index contributed by atoms with van der Waals surface area (Å²) in [5, 5.41) is 2.99. The molecule has 0 aliphatic carbocycles. The van der Waals surface area contributed by atoms with Gasteiger partial charge in [-0.1, -0.05) is 34.1 Å². The van der Waals surface area contributed by atoms with Crippen LogP contribution in [0.3, 0.4) is 0 Å². The molecular formula is C15H16BrNO2. The molecule has 0 radical (unpaired) electrons. The molecule has 0 saturated heterocycles.